The lowest BCUT2D eigenvalue weighted by molar-refractivity contribution is -0.122. The van der Waals surface area contributed by atoms with Crippen molar-refractivity contribution in [3.8, 4) is 5.75 Å². The second-order valence-electron chi connectivity index (χ2n) is 7.04. The number of benzene rings is 2. The van der Waals surface area contributed by atoms with Crippen molar-refractivity contribution in [3.63, 3.8) is 0 Å². The topological polar surface area (TPSA) is 70.7 Å². The number of carbonyl (C=O) groups excluding carboxylic acids is 2. The van der Waals surface area contributed by atoms with E-state index in [1.54, 1.807) is 24.3 Å². The summed E-state index contributed by atoms with van der Waals surface area (Å²) in [6, 6.07) is 14.9. The van der Waals surface area contributed by atoms with Gasteiger partial charge in [0, 0.05) is 43.3 Å². The maximum Gasteiger partial charge on any atom is 0.265 e. The molecule has 28 heavy (non-hydrogen) atoms. The number of piperazine rings is 1. The number of nitrogens with one attached hydrogen (secondary N) is 2. The van der Waals surface area contributed by atoms with Crippen molar-refractivity contribution in [3.05, 3.63) is 59.7 Å². The number of amides is 2. The standard InChI is InChI=1S/C21H23N3O3.ClH/c1-14-13-22-9-10-24(14)21(26)16-6-4-7-17(11-16)23-20(25)19-12-15-5-2-3-8-18(15)27-19;/h2-8,11,14,19,22H,9-10,12-13H2,1H3,(H,23,25);1H. The number of hydrogen-bond donors (Lipinski definition) is 2. The smallest absolute Gasteiger partial charge is 0.265 e. The van der Waals surface area contributed by atoms with E-state index in [-0.39, 0.29) is 30.3 Å². The Hall–Kier alpha value is -2.57. The van der Waals surface area contributed by atoms with Crippen LogP contribution in [0.3, 0.4) is 0 Å². The van der Waals surface area contributed by atoms with E-state index < -0.39 is 6.10 Å². The molecule has 148 valence electrons. The zero-order valence-electron chi connectivity index (χ0n) is 15.7. The van der Waals surface area contributed by atoms with E-state index in [0.717, 1.165) is 24.4 Å². The zero-order valence-corrected chi connectivity index (χ0v) is 16.5. The van der Waals surface area contributed by atoms with Crippen molar-refractivity contribution < 1.29 is 14.3 Å². The molecule has 2 aromatic rings. The molecule has 2 aliphatic rings. The van der Waals surface area contributed by atoms with E-state index >= 15 is 0 Å². The number of hydrogen-bond acceptors (Lipinski definition) is 4. The largest absolute Gasteiger partial charge is 0.480 e. The van der Waals surface area contributed by atoms with Gasteiger partial charge in [-0.3, -0.25) is 9.59 Å². The highest BCUT2D eigenvalue weighted by Gasteiger charge is 2.29. The highest BCUT2D eigenvalue weighted by Crippen LogP contribution is 2.28. The minimum atomic E-state index is -0.546. The number of ether oxygens (including phenoxy) is 1. The summed E-state index contributed by atoms with van der Waals surface area (Å²) in [6.45, 7) is 4.31. The second-order valence-corrected chi connectivity index (χ2v) is 7.04. The van der Waals surface area contributed by atoms with Crippen LogP contribution in [0.1, 0.15) is 22.8 Å². The van der Waals surface area contributed by atoms with Crippen molar-refractivity contribution in [2.75, 3.05) is 25.0 Å². The van der Waals surface area contributed by atoms with Crippen LogP contribution in [-0.2, 0) is 11.2 Å². The summed E-state index contributed by atoms with van der Waals surface area (Å²) in [7, 11) is 0. The van der Waals surface area contributed by atoms with Crippen molar-refractivity contribution in [1.29, 1.82) is 0 Å². The molecule has 2 unspecified atom stereocenters. The van der Waals surface area contributed by atoms with Gasteiger partial charge in [-0.1, -0.05) is 24.3 Å². The maximum atomic E-state index is 12.8. The van der Waals surface area contributed by atoms with Crippen LogP contribution in [0.25, 0.3) is 0 Å². The molecular weight excluding hydrogens is 378 g/mol. The first-order chi connectivity index (χ1) is 13.1. The van der Waals surface area contributed by atoms with Crippen LogP contribution in [-0.4, -0.2) is 48.5 Å². The molecule has 0 bridgehead atoms. The van der Waals surface area contributed by atoms with Crippen LogP contribution in [0.4, 0.5) is 5.69 Å². The molecule has 4 rings (SSSR count). The van der Waals surface area contributed by atoms with E-state index in [4.69, 9.17) is 4.74 Å². The lowest BCUT2D eigenvalue weighted by atomic mass is 10.1. The molecule has 2 aromatic carbocycles. The van der Waals surface area contributed by atoms with Gasteiger partial charge in [-0.15, -0.1) is 12.4 Å². The predicted molar refractivity (Wildman–Crippen MR) is 110 cm³/mol. The van der Waals surface area contributed by atoms with Crippen molar-refractivity contribution in [2.24, 2.45) is 0 Å². The molecule has 6 nitrogen and oxygen atoms in total. The van der Waals surface area contributed by atoms with Gasteiger partial charge in [0.15, 0.2) is 6.10 Å². The monoisotopic (exact) mass is 401 g/mol. The van der Waals surface area contributed by atoms with Crippen LogP contribution in [0, 0.1) is 0 Å². The van der Waals surface area contributed by atoms with E-state index in [9.17, 15) is 9.59 Å². The molecule has 2 heterocycles. The highest BCUT2D eigenvalue weighted by atomic mass is 35.5. The first-order valence-corrected chi connectivity index (χ1v) is 9.29. The summed E-state index contributed by atoms with van der Waals surface area (Å²) < 4.78 is 5.73. The molecule has 7 heteroatoms. The number of nitrogens with zero attached hydrogens (tertiary/aromatic N) is 1. The quantitative estimate of drug-likeness (QED) is 0.829. The summed E-state index contributed by atoms with van der Waals surface area (Å²) in [6.07, 6.45) is 0.00814. The Balaban J connectivity index is 0.00000225. The van der Waals surface area contributed by atoms with Crippen LogP contribution < -0.4 is 15.4 Å². The molecule has 0 saturated carbocycles. The van der Waals surface area contributed by atoms with E-state index in [2.05, 4.69) is 10.6 Å². The van der Waals surface area contributed by atoms with Gasteiger partial charge in [0.05, 0.1) is 0 Å². The molecule has 0 aliphatic carbocycles. The first-order valence-electron chi connectivity index (χ1n) is 9.29. The van der Waals surface area contributed by atoms with Crippen LogP contribution in [0.5, 0.6) is 5.75 Å². The molecule has 2 aliphatic heterocycles. The van der Waals surface area contributed by atoms with E-state index in [1.165, 1.54) is 0 Å². The number of halogens is 1. The van der Waals surface area contributed by atoms with Crippen LogP contribution in [0.15, 0.2) is 48.5 Å². The molecular formula is C21H24ClN3O3. The average Bonchev–Trinajstić information content (AvgIpc) is 3.12. The minimum Gasteiger partial charge on any atom is -0.480 e. The Labute approximate surface area is 170 Å². The first kappa shape index (κ1) is 20.2. The highest BCUT2D eigenvalue weighted by molar-refractivity contribution is 5.98. The van der Waals surface area contributed by atoms with Gasteiger partial charge in [-0.05, 0) is 36.8 Å². The summed E-state index contributed by atoms with van der Waals surface area (Å²) >= 11 is 0. The summed E-state index contributed by atoms with van der Waals surface area (Å²) in [5, 5.41) is 6.16. The molecule has 0 aromatic heterocycles. The van der Waals surface area contributed by atoms with Gasteiger partial charge < -0.3 is 20.3 Å². The van der Waals surface area contributed by atoms with Gasteiger partial charge in [-0.2, -0.15) is 0 Å². The van der Waals surface area contributed by atoms with Gasteiger partial charge in [-0.25, -0.2) is 0 Å². The third-order valence-corrected chi connectivity index (χ3v) is 5.08. The van der Waals surface area contributed by atoms with E-state index in [0.29, 0.717) is 24.2 Å². The number of fused-ring (bicyclic) bond motifs is 1. The van der Waals surface area contributed by atoms with Crippen LogP contribution >= 0.6 is 12.4 Å². The zero-order chi connectivity index (χ0) is 18.8. The fourth-order valence-electron chi connectivity index (χ4n) is 3.59. The number of rotatable bonds is 3. The minimum absolute atomic E-state index is 0. The third-order valence-electron chi connectivity index (χ3n) is 5.08. The fourth-order valence-corrected chi connectivity index (χ4v) is 3.59. The Morgan fingerprint density at radius 1 is 1.18 bits per heavy atom. The normalized spacial score (nSPS) is 20.5. The van der Waals surface area contributed by atoms with Crippen LogP contribution in [0.2, 0.25) is 0 Å². The summed E-state index contributed by atoms with van der Waals surface area (Å²) in [5.41, 5.74) is 2.22. The second kappa shape index (κ2) is 8.63. The lowest BCUT2D eigenvalue weighted by Gasteiger charge is -2.34. The Morgan fingerprint density at radius 3 is 2.79 bits per heavy atom. The molecule has 1 fully saturated rings. The number of carbonyl (C=O) groups is 2. The van der Waals surface area contributed by atoms with Crippen molar-refractivity contribution in [2.45, 2.75) is 25.5 Å². The SMILES string of the molecule is CC1CNCCN1C(=O)c1cccc(NC(=O)C2Cc3ccccc3O2)c1.Cl. The van der Waals surface area contributed by atoms with Gasteiger partial charge in [0.1, 0.15) is 5.75 Å². The summed E-state index contributed by atoms with van der Waals surface area (Å²) in [5.74, 6) is 0.547. The maximum absolute atomic E-state index is 12.8. The molecule has 0 spiro atoms. The van der Waals surface area contributed by atoms with E-state index in [1.807, 2.05) is 36.1 Å². The predicted octanol–water partition coefficient (Wildman–Crippen LogP) is 2.48. The fraction of sp³-hybridized carbons (Fsp3) is 0.333. The third kappa shape index (κ3) is 4.13. The Morgan fingerprint density at radius 2 is 2.00 bits per heavy atom. The van der Waals surface area contributed by atoms with Gasteiger partial charge >= 0.3 is 0 Å². The molecule has 2 atom stereocenters. The summed E-state index contributed by atoms with van der Waals surface area (Å²) in [4.78, 5) is 27.3. The number of para-hydroxylation sites is 1. The lowest BCUT2D eigenvalue weighted by Crippen LogP contribution is -2.52. The van der Waals surface area contributed by atoms with Gasteiger partial charge in [0.2, 0.25) is 0 Å². The van der Waals surface area contributed by atoms with Crippen molar-refractivity contribution >= 4 is 29.9 Å². The average molecular weight is 402 g/mol. The molecule has 2 amide bonds. The van der Waals surface area contributed by atoms with Crippen molar-refractivity contribution in [1.82, 2.24) is 10.2 Å². The number of anilines is 1. The molecule has 0 radical (unpaired) electrons. The molecule has 1 saturated heterocycles. The van der Waals surface area contributed by atoms with Gasteiger partial charge in [0.25, 0.3) is 11.8 Å². The molecule has 2 N–H and O–H groups in total. The Bertz CT molecular complexity index is 848. The Kier molecular flexibility index (Phi) is 6.21.